The summed E-state index contributed by atoms with van der Waals surface area (Å²) in [5.41, 5.74) is 9.22. The SMILES string of the molecule is C#CC.CB(O)N=C(NB(C)O)Nc1ccccc1.CN=[N+]=[N-].CP(C)(=O)OCc1ccccc1. The number of hydrogen-bond acceptors (Lipinski definition) is 6. The maximum atomic E-state index is 11.2. The van der Waals surface area contributed by atoms with Gasteiger partial charge in [-0.1, -0.05) is 53.6 Å². The van der Waals surface area contributed by atoms with Gasteiger partial charge in [0.1, 0.15) is 0 Å². The number of azide groups is 1. The fourth-order valence-corrected chi connectivity index (χ4v) is 2.41. The van der Waals surface area contributed by atoms with E-state index in [1.807, 2.05) is 60.7 Å². The first-order chi connectivity index (χ1) is 16.5. The van der Waals surface area contributed by atoms with Crippen LogP contribution in [0.3, 0.4) is 0 Å². The molecule has 0 amide bonds. The number of guanidine groups is 1. The Morgan fingerprint density at radius 1 is 1.14 bits per heavy atom. The summed E-state index contributed by atoms with van der Waals surface area (Å²) in [6.07, 6.45) is 4.60. The van der Waals surface area contributed by atoms with Crippen LogP contribution in [-0.4, -0.2) is 50.5 Å². The summed E-state index contributed by atoms with van der Waals surface area (Å²) in [5, 5.41) is 26.9. The molecule has 2 rings (SSSR count). The van der Waals surface area contributed by atoms with E-state index in [0.717, 1.165) is 11.3 Å². The van der Waals surface area contributed by atoms with Crippen LogP contribution in [-0.2, 0) is 15.7 Å². The molecule has 0 saturated carbocycles. The molecule has 0 fully saturated rings. The van der Waals surface area contributed by atoms with Gasteiger partial charge in [-0.2, -0.15) is 0 Å². The summed E-state index contributed by atoms with van der Waals surface area (Å²) >= 11 is 0. The number of nitrogens with one attached hydrogen (secondary N) is 2. The second-order valence-corrected chi connectivity index (χ2v) is 9.77. The van der Waals surface area contributed by atoms with E-state index < -0.39 is 21.5 Å². The molecule has 0 bridgehead atoms. The molecule has 0 aliphatic heterocycles. The van der Waals surface area contributed by atoms with Gasteiger partial charge in [0.05, 0.1) is 6.61 Å². The lowest BCUT2D eigenvalue weighted by Gasteiger charge is -2.13. The third kappa shape index (κ3) is 25.3. The van der Waals surface area contributed by atoms with Crippen molar-refractivity contribution in [3.05, 3.63) is 76.7 Å². The standard InChI is InChI=1S/C9H15B2N3O2.C9H13O2P.C3H4.CH3N3/c1-10(15)13-9(14-11(2)16)12-8-6-4-3-5-7-8;1-12(2,10)11-8-9-6-4-3-5-7-9;1-3-2;1-3-4-2/h3-7,15-16H,1-2H3,(H2,12,13,14);3-7H,8H2,1-2H3;1H,2H3;1H3. The Morgan fingerprint density at radius 2 is 1.60 bits per heavy atom. The number of para-hydroxylation sites is 1. The number of anilines is 1. The molecule has 0 aliphatic carbocycles. The van der Waals surface area contributed by atoms with Crippen LogP contribution in [0, 0.1) is 12.3 Å². The molecule has 0 aromatic heterocycles. The lowest BCUT2D eigenvalue weighted by molar-refractivity contribution is 0.310. The van der Waals surface area contributed by atoms with Crippen LogP contribution in [0.5, 0.6) is 0 Å². The van der Waals surface area contributed by atoms with Crippen molar-refractivity contribution in [3.8, 4) is 12.3 Å². The summed E-state index contributed by atoms with van der Waals surface area (Å²) in [6, 6.07) is 19.1. The summed E-state index contributed by atoms with van der Waals surface area (Å²) in [5.74, 6) is 2.58. The van der Waals surface area contributed by atoms with Gasteiger partial charge in [-0.3, -0.25) is 9.47 Å². The summed E-state index contributed by atoms with van der Waals surface area (Å²) in [4.78, 5) is 6.26. The number of nitrogens with zero attached hydrogens (tertiary/aromatic N) is 4. The fraction of sp³-hybridized carbons (Fsp3) is 0.318. The van der Waals surface area contributed by atoms with Crippen molar-refractivity contribution < 1.29 is 19.1 Å². The Bertz CT molecular complexity index is 961. The van der Waals surface area contributed by atoms with Gasteiger partial charge in [0, 0.05) is 31.0 Å². The van der Waals surface area contributed by atoms with Crippen LogP contribution in [0.1, 0.15) is 12.5 Å². The number of rotatable bonds is 6. The number of benzene rings is 2. The van der Waals surface area contributed by atoms with Gasteiger partial charge in [0.15, 0.2) is 13.3 Å². The Labute approximate surface area is 209 Å². The van der Waals surface area contributed by atoms with Crippen molar-refractivity contribution in [2.75, 3.05) is 25.7 Å². The van der Waals surface area contributed by atoms with E-state index in [4.69, 9.17) is 15.1 Å². The molecule has 13 heteroatoms. The summed E-state index contributed by atoms with van der Waals surface area (Å²) in [7, 11) is -2.52. The van der Waals surface area contributed by atoms with Gasteiger partial charge < -0.3 is 25.1 Å². The van der Waals surface area contributed by atoms with E-state index in [-0.39, 0.29) is 0 Å². The largest absolute Gasteiger partial charge is 0.433 e. The maximum absolute atomic E-state index is 11.2. The zero-order valence-electron chi connectivity index (χ0n) is 21.2. The van der Waals surface area contributed by atoms with Gasteiger partial charge in [-0.25, -0.2) is 0 Å². The highest BCUT2D eigenvalue weighted by Crippen LogP contribution is 2.38. The third-order valence-corrected chi connectivity index (χ3v) is 3.92. The molecule has 2 aromatic rings. The maximum Gasteiger partial charge on any atom is 0.431 e. The number of terminal acetylenes is 1. The van der Waals surface area contributed by atoms with Crippen molar-refractivity contribution in [1.82, 2.24) is 5.23 Å². The van der Waals surface area contributed by atoms with E-state index in [9.17, 15) is 9.59 Å². The Balaban J connectivity index is 0. The highest BCUT2D eigenvalue weighted by atomic mass is 31.2. The minimum absolute atomic E-state index is 0.330. The average molecular weight is 500 g/mol. The van der Waals surface area contributed by atoms with Crippen LogP contribution in [0.25, 0.3) is 10.4 Å². The second kappa shape index (κ2) is 21.4. The smallest absolute Gasteiger partial charge is 0.431 e. The molecular formula is C22H35B2N6O4P. The normalized spacial score (nSPS) is 9.63. The van der Waals surface area contributed by atoms with Gasteiger partial charge in [-0.05, 0) is 43.8 Å². The molecular weight excluding hydrogens is 465 g/mol. The molecule has 0 heterocycles. The molecule has 0 atom stereocenters. The average Bonchev–Trinajstić information content (AvgIpc) is 2.79. The van der Waals surface area contributed by atoms with Crippen LogP contribution < -0.4 is 10.5 Å². The topological polar surface area (TPSA) is 152 Å². The monoisotopic (exact) mass is 500 g/mol. The zero-order valence-corrected chi connectivity index (χ0v) is 22.1. The van der Waals surface area contributed by atoms with E-state index in [0.29, 0.717) is 12.6 Å². The van der Waals surface area contributed by atoms with E-state index in [1.165, 1.54) is 13.9 Å². The fourth-order valence-electron chi connectivity index (χ4n) is 1.95. The van der Waals surface area contributed by atoms with Gasteiger partial charge in [0.2, 0.25) is 0 Å². The van der Waals surface area contributed by atoms with Crippen LogP contribution >= 0.6 is 7.37 Å². The van der Waals surface area contributed by atoms with E-state index in [2.05, 4.69) is 37.8 Å². The van der Waals surface area contributed by atoms with E-state index in [1.54, 1.807) is 27.1 Å². The molecule has 0 saturated heterocycles. The second-order valence-electron chi connectivity index (χ2n) is 7.01. The molecule has 4 N–H and O–H groups in total. The molecule has 188 valence electrons. The van der Waals surface area contributed by atoms with Gasteiger partial charge in [0.25, 0.3) is 0 Å². The van der Waals surface area contributed by atoms with Crippen molar-refractivity contribution in [1.29, 1.82) is 0 Å². The van der Waals surface area contributed by atoms with Crippen molar-refractivity contribution in [2.45, 2.75) is 27.2 Å². The van der Waals surface area contributed by atoms with Crippen molar-refractivity contribution in [2.24, 2.45) is 10.0 Å². The minimum atomic E-state index is -2.33. The van der Waals surface area contributed by atoms with Crippen molar-refractivity contribution >= 4 is 33.1 Å². The quantitative estimate of drug-likeness (QED) is 0.0667. The first-order valence-corrected chi connectivity index (χ1v) is 13.1. The molecule has 0 radical (unpaired) electrons. The van der Waals surface area contributed by atoms with Gasteiger partial charge in [-0.15, -0.1) is 12.3 Å². The number of hydrogen-bond donors (Lipinski definition) is 4. The Morgan fingerprint density at radius 3 is 1.97 bits per heavy atom. The predicted octanol–water partition coefficient (Wildman–Crippen LogP) is 4.57. The first kappa shape index (κ1) is 34.0. The summed E-state index contributed by atoms with van der Waals surface area (Å²) < 4.78 is 16.3. The molecule has 0 unspecified atom stereocenters. The molecule has 0 spiro atoms. The summed E-state index contributed by atoms with van der Waals surface area (Å²) in [6.45, 7) is 8.44. The lowest BCUT2D eigenvalue weighted by Crippen LogP contribution is -2.41. The van der Waals surface area contributed by atoms with Crippen LogP contribution in [0.15, 0.2) is 70.7 Å². The lowest BCUT2D eigenvalue weighted by atomic mass is 9.88. The molecule has 2 aromatic carbocycles. The zero-order chi connectivity index (χ0) is 27.1. The van der Waals surface area contributed by atoms with Crippen LogP contribution in [0.2, 0.25) is 13.6 Å². The molecule has 10 nitrogen and oxygen atoms in total. The minimum Gasteiger partial charge on any atom is -0.433 e. The third-order valence-electron chi connectivity index (χ3n) is 3.17. The van der Waals surface area contributed by atoms with E-state index >= 15 is 0 Å². The highest BCUT2D eigenvalue weighted by Gasteiger charge is 2.09. The van der Waals surface area contributed by atoms with Crippen molar-refractivity contribution in [3.63, 3.8) is 0 Å². The molecule has 35 heavy (non-hydrogen) atoms. The van der Waals surface area contributed by atoms with Crippen LogP contribution in [0.4, 0.5) is 5.69 Å². The highest BCUT2D eigenvalue weighted by molar-refractivity contribution is 7.57. The van der Waals surface area contributed by atoms with Gasteiger partial charge >= 0.3 is 14.1 Å². The Hall–Kier alpha value is -3.18. The molecule has 0 aliphatic rings. The predicted molar refractivity (Wildman–Crippen MR) is 149 cm³/mol. The Kier molecular flexibility index (Phi) is 20.7. The first-order valence-electron chi connectivity index (χ1n) is 10.6.